The molecular weight excluding hydrogens is 304 g/mol. The van der Waals surface area contributed by atoms with Crippen LogP contribution < -0.4 is 5.73 Å². The quantitative estimate of drug-likeness (QED) is 0.889. The van der Waals surface area contributed by atoms with E-state index in [1.165, 1.54) is 32.1 Å². The molecule has 0 saturated carbocycles. The Morgan fingerprint density at radius 3 is 2.89 bits per heavy atom. The summed E-state index contributed by atoms with van der Waals surface area (Å²) in [5.74, 6) is 1.89. The Morgan fingerprint density at radius 2 is 2.26 bits per heavy atom. The van der Waals surface area contributed by atoms with Crippen LogP contribution in [0.25, 0.3) is 0 Å². The zero-order valence-corrected chi connectivity index (χ0v) is 13.4. The van der Waals surface area contributed by atoms with Crippen LogP contribution in [-0.4, -0.2) is 24.5 Å². The van der Waals surface area contributed by atoms with Gasteiger partial charge in [-0.1, -0.05) is 19.8 Å². The molecule has 1 saturated heterocycles. The Balaban J connectivity index is 1.99. The van der Waals surface area contributed by atoms with E-state index in [1.54, 1.807) is 0 Å². The number of rotatable bonds is 5. The van der Waals surface area contributed by atoms with E-state index in [2.05, 4.69) is 27.8 Å². The van der Waals surface area contributed by atoms with Crippen molar-refractivity contribution in [1.29, 1.82) is 0 Å². The maximum Gasteiger partial charge on any atom is 0.169 e. The Labute approximate surface area is 124 Å². The van der Waals surface area contributed by atoms with E-state index in [-0.39, 0.29) is 6.04 Å². The van der Waals surface area contributed by atoms with Gasteiger partial charge in [-0.25, -0.2) is 0 Å². The maximum atomic E-state index is 5.97. The number of furan rings is 1. The molecule has 1 fully saturated rings. The van der Waals surface area contributed by atoms with Crippen molar-refractivity contribution in [2.24, 2.45) is 11.7 Å². The first-order chi connectivity index (χ1) is 9.24. The fraction of sp³-hybridized carbons (Fsp3) is 0.733. The minimum absolute atomic E-state index is 0.228. The zero-order valence-electron chi connectivity index (χ0n) is 11.8. The zero-order chi connectivity index (χ0) is 13.7. The average Bonchev–Trinajstić information content (AvgIpc) is 2.69. The van der Waals surface area contributed by atoms with E-state index in [0.717, 1.165) is 29.4 Å². The number of nitrogens with two attached hydrogens (primary N) is 1. The Morgan fingerprint density at radius 1 is 1.42 bits per heavy atom. The van der Waals surface area contributed by atoms with Gasteiger partial charge in [-0.3, -0.25) is 4.90 Å². The van der Waals surface area contributed by atoms with Gasteiger partial charge in [0.1, 0.15) is 5.76 Å². The summed E-state index contributed by atoms with van der Waals surface area (Å²) >= 11 is 3.37. The SMILES string of the molecule is CCCC1CCCN(C(CN)c2ccc(Br)o2)CC1. The monoisotopic (exact) mass is 328 g/mol. The first-order valence-electron chi connectivity index (χ1n) is 7.44. The summed E-state index contributed by atoms with van der Waals surface area (Å²) < 4.78 is 6.49. The van der Waals surface area contributed by atoms with Crippen LogP contribution in [0.15, 0.2) is 21.2 Å². The van der Waals surface area contributed by atoms with Crippen LogP contribution in [-0.2, 0) is 0 Å². The van der Waals surface area contributed by atoms with Crippen molar-refractivity contribution in [2.45, 2.75) is 45.1 Å². The summed E-state index contributed by atoms with van der Waals surface area (Å²) in [6.45, 7) is 5.19. The van der Waals surface area contributed by atoms with Crippen LogP contribution in [0.4, 0.5) is 0 Å². The lowest BCUT2D eigenvalue weighted by Gasteiger charge is -2.28. The van der Waals surface area contributed by atoms with E-state index in [0.29, 0.717) is 6.54 Å². The second-order valence-electron chi connectivity index (χ2n) is 5.51. The van der Waals surface area contributed by atoms with Crippen LogP contribution in [0, 0.1) is 5.92 Å². The summed E-state index contributed by atoms with van der Waals surface area (Å²) in [5.41, 5.74) is 5.97. The number of hydrogen-bond acceptors (Lipinski definition) is 3. The lowest BCUT2D eigenvalue weighted by atomic mass is 9.96. The summed E-state index contributed by atoms with van der Waals surface area (Å²) in [4.78, 5) is 2.50. The highest BCUT2D eigenvalue weighted by Gasteiger charge is 2.25. The molecule has 1 aromatic rings. The second-order valence-corrected chi connectivity index (χ2v) is 6.30. The second kappa shape index (κ2) is 7.46. The highest BCUT2D eigenvalue weighted by Crippen LogP contribution is 2.29. The Hall–Kier alpha value is -0.320. The predicted molar refractivity (Wildman–Crippen MR) is 82.0 cm³/mol. The molecule has 108 valence electrons. The molecule has 2 unspecified atom stereocenters. The molecule has 4 heteroatoms. The maximum absolute atomic E-state index is 5.97. The Bertz CT molecular complexity index is 380. The van der Waals surface area contributed by atoms with Crippen LogP contribution in [0.5, 0.6) is 0 Å². The van der Waals surface area contributed by atoms with Gasteiger partial charge in [0.2, 0.25) is 0 Å². The van der Waals surface area contributed by atoms with Gasteiger partial charge in [0.05, 0.1) is 6.04 Å². The topological polar surface area (TPSA) is 42.4 Å². The number of likely N-dealkylation sites (tertiary alicyclic amines) is 1. The molecule has 2 heterocycles. The summed E-state index contributed by atoms with van der Waals surface area (Å²) in [6.07, 6.45) is 6.61. The normalized spacial score (nSPS) is 23.2. The van der Waals surface area contributed by atoms with Crippen molar-refractivity contribution in [3.05, 3.63) is 22.6 Å². The molecule has 3 nitrogen and oxygen atoms in total. The smallest absolute Gasteiger partial charge is 0.169 e. The van der Waals surface area contributed by atoms with Crippen molar-refractivity contribution in [3.8, 4) is 0 Å². The molecule has 2 atom stereocenters. The van der Waals surface area contributed by atoms with Crippen molar-refractivity contribution in [2.75, 3.05) is 19.6 Å². The minimum atomic E-state index is 0.228. The third kappa shape index (κ3) is 4.07. The largest absolute Gasteiger partial charge is 0.453 e. The van der Waals surface area contributed by atoms with Crippen molar-refractivity contribution in [1.82, 2.24) is 4.90 Å². The van der Waals surface area contributed by atoms with Gasteiger partial charge in [0.15, 0.2) is 4.67 Å². The van der Waals surface area contributed by atoms with Crippen LogP contribution in [0.3, 0.4) is 0 Å². The van der Waals surface area contributed by atoms with Gasteiger partial charge in [0.25, 0.3) is 0 Å². The molecule has 0 spiro atoms. The molecule has 0 amide bonds. The van der Waals surface area contributed by atoms with Gasteiger partial charge >= 0.3 is 0 Å². The van der Waals surface area contributed by atoms with E-state index in [1.807, 2.05) is 12.1 Å². The van der Waals surface area contributed by atoms with E-state index in [4.69, 9.17) is 10.2 Å². The predicted octanol–water partition coefficient (Wildman–Crippen LogP) is 3.94. The first kappa shape index (κ1) is 15.1. The van der Waals surface area contributed by atoms with Crippen LogP contribution in [0.2, 0.25) is 0 Å². The van der Waals surface area contributed by atoms with E-state index < -0.39 is 0 Å². The lowest BCUT2D eigenvalue weighted by Crippen LogP contribution is -2.34. The standard InChI is InChI=1S/C15H25BrN2O/c1-2-4-12-5-3-9-18(10-8-12)13(11-17)14-6-7-15(16)19-14/h6-7,12-13H,2-5,8-11,17H2,1H3. The molecular formula is C15H25BrN2O. The molecule has 0 bridgehead atoms. The lowest BCUT2D eigenvalue weighted by molar-refractivity contribution is 0.182. The highest BCUT2D eigenvalue weighted by molar-refractivity contribution is 9.10. The van der Waals surface area contributed by atoms with Crippen molar-refractivity contribution in [3.63, 3.8) is 0 Å². The van der Waals surface area contributed by atoms with Crippen molar-refractivity contribution >= 4 is 15.9 Å². The molecule has 1 aromatic heterocycles. The fourth-order valence-electron chi connectivity index (χ4n) is 3.15. The van der Waals surface area contributed by atoms with Gasteiger partial charge in [-0.15, -0.1) is 0 Å². The van der Waals surface area contributed by atoms with Crippen LogP contribution >= 0.6 is 15.9 Å². The average molecular weight is 329 g/mol. The number of halogens is 1. The third-order valence-electron chi connectivity index (χ3n) is 4.17. The molecule has 0 radical (unpaired) electrons. The van der Waals surface area contributed by atoms with Gasteiger partial charge < -0.3 is 10.2 Å². The molecule has 19 heavy (non-hydrogen) atoms. The highest BCUT2D eigenvalue weighted by atomic mass is 79.9. The fourth-order valence-corrected chi connectivity index (χ4v) is 3.47. The third-order valence-corrected chi connectivity index (χ3v) is 4.59. The molecule has 1 aliphatic rings. The van der Waals surface area contributed by atoms with Crippen molar-refractivity contribution < 1.29 is 4.42 Å². The number of hydrogen-bond donors (Lipinski definition) is 1. The van der Waals surface area contributed by atoms with E-state index in [9.17, 15) is 0 Å². The molecule has 0 aliphatic carbocycles. The summed E-state index contributed by atoms with van der Waals surface area (Å²) in [5, 5.41) is 0. The molecule has 0 aromatic carbocycles. The molecule has 2 N–H and O–H groups in total. The van der Waals surface area contributed by atoms with Crippen LogP contribution in [0.1, 0.15) is 50.8 Å². The minimum Gasteiger partial charge on any atom is -0.453 e. The van der Waals surface area contributed by atoms with Gasteiger partial charge in [-0.2, -0.15) is 0 Å². The molecule has 1 aliphatic heterocycles. The first-order valence-corrected chi connectivity index (χ1v) is 8.23. The van der Waals surface area contributed by atoms with E-state index >= 15 is 0 Å². The summed E-state index contributed by atoms with van der Waals surface area (Å²) in [7, 11) is 0. The Kier molecular flexibility index (Phi) is 5.92. The van der Waals surface area contributed by atoms with Gasteiger partial charge in [0, 0.05) is 6.54 Å². The molecule has 2 rings (SSSR count). The number of nitrogens with zero attached hydrogens (tertiary/aromatic N) is 1. The van der Waals surface area contributed by atoms with Gasteiger partial charge in [-0.05, 0) is 66.3 Å². The summed E-state index contributed by atoms with van der Waals surface area (Å²) in [6, 6.07) is 4.22.